The monoisotopic (exact) mass is 343 g/mol. The van der Waals surface area contributed by atoms with Gasteiger partial charge >= 0.3 is 0 Å². The largest absolute Gasteiger partial charge is 0.486 e. The maximum atomic E-state index is 5.70. The van der Waals surface area contributed by atoms with E-state index < -0.39 is 0 Å². The molecule has 0 fully saturated rings. The Morgan fingerprint density at radius 2 is 2.08 bits per heavy atom. The molecule has 0 atom stereocenters. The van der Waals surface area contributed by atoms with E-state index in [1.165, 1.54) is 10.4 Å². The molecule has 126 valence electrons. The number of fused-ring (bicyclic) bond motifs is 2. The first-order valence-electron chi connectivity index (χ1n) is 8.14. The highest BCUT2D eigenvalue weighted by Crippen LogP contribution is 2.35. The average molecular weight is 343 g/mol. The summed E-state index contributed by atoms with van der Waals surface area (Å²) in [4.78, 5) is 6.64. The molecule has 1 aliphatic rings. The van der Waals surface area contributed by atoms with Gasteiger partial charge in [-0.25, -0.2) is 4.98 Å². The number of hydrogen-bond acceptors (Lipinski definition) is 5. The van der Waals surface area contributed by atoms with Gasteiger partial charge in [0.05, 0.1) is 0 Å². The molecule has 0 radical (unpaired) electrons. The van der Waals surface area contributed by atoms with Crippen molar-refractivity contribution in [2.24, 2.45) is 0 Å². The molecule has 0 unspecified atom stereocenters. The van der Waals surface area contributed by atoms with Crippen molar-refractivity contribution < 1.29 is 9.47 Å². The number of nitrogens with zero attached hydrogens (tertiary/aromatic N) is 2. The predicted molar refractivity (Wildman–Crippen MR) is 95.2 cm³/mol. The first-order chi connectivity index (χ1) is 11.6. The maximum absolute atomic E-state index is 5.70. The quantitative estimate of drug-likeness (QED) is 0.773. The summed E-state index contributed by atoms with van der Waals surface area (Å²) in [5.41, 5.74) is 1.26. The second kappa shape index (κ2) is 6.11. The molecule has 3 heterocycles. The minimum absolute atomic E-state index is 0.00719. The number of imidazole rings is 1. The Kier molecular flexibility index (Phi) is 3.94. The molecule has 0 saturated carbocycles. The van der Waals surface area contributed by atoms with Crippen LogP contribution in [0.15, 0.2) is 36.8 Å². The highest BCUT2D eigenvalue weighted by molar-refractivity contribution is 7.17. The van der Waals surface area contributed by atoms with Crippen LogP contribution in [0.2, 0.25) is 0 Å². The molecular weight excluding hydrogens is 322 g/mol. The van der Waals surface area contributed by atoms with Crippen LogP contribution in [0.5, 0.6) is 11.5 Å². The summed E-state index contributed by atoms with van der Waals surface area (Å²) in [7, 11) is 0. The van der Waals surface area contributed by atoms with E-state index in [0.717, 1.165) is 29.5 Å². The van der Waals surface area contributed by atoms with Gasteiger partial charge in [0, 0.05) is 42.0 Å². The minimum Gasteiger partial charge on any atom is -0.486 e. The lowest BCUT2D eigenvalue weighted by molar-refractivity contribution is 0.171. The van der Waals surface area contributed by atoms with Crippen LogP contribution in [0, 0.1) is 0 Å². The van der Waals surface area contributed by atoms with E-state index in [2.05, 4.69) is 46.9 Å². The Balaban J connectivity index is 1.41. The normalized spacial score (nSPS) is 14.2. The van der Waals surface area contributed by atoms with E-state index in [9.17, 15) is 0 Å². The number of nitrogens with one attached hydrogen (secondary N) is 1. The average Bonchev–Trinajstić information content (AvgIpc) is 3.16. The van der Waals surface area contributed by atoms with Gasteiger partial charge < -0.3 is 14.8 Å². The van der Waals surface area contributed by atoms with Gasteiger partial charge in [-0.05, 0) is 17.7 Å². The van der Waals surface area contributed by atoms with Crippen LogP contribution in [-0.2, 0) is 12.0 Å². The summed E-state index contributed by atoms with van der Waals surface area (Å²) >= 11 is 1.72. The zero-order valence-electron chi connectivity index (χ0n) is 13.9. The second-order valence-corrected chi connectivity index (χ2v) is 7.75. The van der Waals surface area contributed by atoms with Crippen molar-refractivity contribution >= 4 is 16.3 Å². The topological polar surface area (TPSA) is 47.8 Å². The van der Waals surface area contributed by atoms with Crippen molar-refractivity contribution in [2.45, 2.75) is 25.8 Å². The van der Waals surface area contributed by atoms with Crippen molar-refractivity contribution in [2.75, 3.05) is 19.8 Å². The summed E-state index contributed by atoms with van der Waals surface area (Å²) in [6.45, 7) is 7.46. The fourth-order valence-corrected chi connectivity index (χ4v) is 3.83. The highest BCUT2D eigenvalue weighted by Gasteiger charge is 2.23. The molecule has 0 bridgehead atoms. The lowest BCUT2D eigenvalue weighted by Gasteiger charge is -2.28. The molecule has 3 aromatic rings. The van der Waals surface area contributed by atoms with Crippen molar-refractivity contribution in [3.05, 3.63) is 47.2 Å². The fraction of sp³-hybridized carbons (Fsp3) is 0.389. The van der Waals surface area contributed by atoms with Gasteiger partial charge in [0.2, 0.25) is 0 Å². The molecule has 0 aliphatic carbocycles. The van der Waals surface area contributed by atoms with Gasteiger partial charge in [0.25, 0.3) is 0 Å². The first kappa shape index (κ1) is 15.5. The summed E-state index contributed by atoms with van der Waals surface area (Å²) in [5, 5.41) is 3.57. The summed E-state index contributed by atoms with van der Waals surface area (Å²) in [6.07, 6.45) is 5.94. The summed E-state index contributed by atoms with van der Waals surface area (Å²) in [6, 6.07) is 6.25. The molecule has 0 amide bonds. The fourth-order valence-electron chi connectivity index (χ4n) is 2.92. The van der Waals surface area contributed by atoms with Gasteiger partial charge in [-0.1, -0.05) is 19.9 Å². The Morgan fingerprint density at radius 1 is 1.25 bits per heavy atom. The van der Waals surface area contributed by atoms with Crippen molar-refractivity contribution in [1.29, 1.82) is 0 Å². The molecule has 4 rings (SSSR count). The third-order valence-corrected chi connectivity index (χ3v) is 5.34. The predicted octanol–water partition coefficient (Wildman–Crippen LogP) is 3.23. The van der Waals surface area contributed by atoms with Crippen LogP contribution in [0.25, 0.3) is 4.96 Å². The van der Waals surface area contributed by atoms with Gasteiger partial charge in [0.15, 0.2) is 16.5 Å². The van der Waals surface area contributed by atoms with Crippen LogP contribution >= 0.6 is 11.3 Å². The van der Waals surface area contributed by atoms with E-state index in [-0.39, 0.29) is 5.41 Å². The molecule has 1 N–H and O–H groups in total. The minimum atomic E-state index is 0.00719. The van der Waals surface area contributed by atoms with Crippen LogP contribution in [0.1, 0.15) is 24.3 Å². The lowest BCUT2D eigenvalue weighted by atomic mass is 9.84. The van der Waals surface area contributed by atoms with Crippen LogP contribution in [0.3, 0.4) is 0 Å². The summed E-state index contributed by atoms with van der Waals surface area (Å²) in [5.74, 6) is 1.70. The standard InChI is InChI=1S/C18H21N3O2S/c1-18(2,13-3-4-15-16(9-13)23-8-7-22-15)12-19-10-14-11-21-6-5-20-17(21)24-14/h3-6,9,11,19H,7-8,10,12H2,1-2H3. The van der Waals surface area contributed by atoms with Crippen LogP contribution in [0.4, 0.5) is 0 Å². The smallest absolute Gasteiger partial charge is 0.193 e. The number of hydrogen-bond donors (Lipinski definition) is 1. The molecule has 1 aromatic carbocycles. The Bertz CT molecular complexity index is 824. The van der Waals surface area contributed by atoms with Crippen molar-refractivity contribution in [1.82, 2.24) is 14.7 Å². The SMILES string of the molecule is CC(C)(CNCc1cn2ccnc2s1)c1ccc2c(c1)OCCO2. The Labute approximate surface area is 145 Å². The third-order valence-electron chi connectivity index (χ3n) is 4.33. The molecule has 6 heteroatoms. The molecule has 0 spiro atoms. The van der Waals surface area contributed by atoms with Gasteiger partial charge in [-0.2, -0.15) is 0 Å². The zero-order chi connectivity index (χ0) is 16.6. The maximum Gasteiger partial charge on any atom is 0.193 e. The van der Waals surface area contributed by atoms with Crippen molar-refractivity contribution in [3.63, 3.8) is 0 Å². The Morgan fingerprint density at radius 3 is 2.92 bits per heavy atom. The molecule has 1 aliphatic heterocycles. The lowest BCUT2D eigenvalue weighted by Crippen LogP contribution is -2.32. The number of rotatable bonds is 5. The number of ether oxygens (including phenoxy) is 2. The zero-order valence-corrected chi connectivity index (χ0v) is 14.7. The van der Waals surface area contributed by atoms with E-state index in [0.29, 0.717) is 13.2 Å². The Hall–Kier alpha value is -2.05. The van der Waals surface area contributed by atoms with E-state index in [1.54, 1.807) is 11.3 Å². The second-order valence-electron chi connectivity index (χ2n) is 6.66. The van der Waals surface area contributed by atoms with Crippen molar-refractivity contribution in [3.8, 4) is 11.5 Å². The summed E-state index contributed by atoms with van der Waals surface area (Å²) < 4.78 is 13.4. The molecule has 0 saturated heterocycles. The van der Waals surface area contributed by atoms with E-state index in [1.807, 2.05) is 18.5 Å². The van der Waals surface area contributed by atoms with Gasteiger partial charge in [0.1, 0.15) is 13.2 Å². The molecular formula is C18H21N3O2S. The first-order valence-corrected chi connectivity index (χ1v) is 8.96. The van der Waals surface area contributed by atoms with E-state index >= 15 is 0 Å². The van der Waals surface area contributed by atoms with Crippen LogP contribution < -0.4 is 14.8 Å². The van der Waals surface area contributed by atoms with Gasteiger partial charge in [-0.15, -0.1) is 11.3 Å². The van der Waals surface area contributed by atoms with Crippen LogP contribution in [-0.4, -0.2) is 29.1 Å². The number of thiazole rings is 1. The molecule has 24 heavy (non-hydrogen) atoms. The highest BCUT2D eigenvalue weighted by atomic mass is 32.1. The number of benzene rings is 1. The van der Waals surface area contributed by atoms with E-state index in [4.69, 9.17) is 9.47 Å². The third kappa shape index (κ3) is 2.99. The number of aromatic nitrogens is 2. The van der Waals surface area contributed by atoms with Gasteiger partial charge in [-0.3, -0.25) is 4.40 Å². The molecule has 5 nitrogen and oxygen atoms in total. The molecule has 2 aromatic heterocycles.